The van der Waals surface area contributed by atoms with Crippen molar-refractivity contribution in [3.63, 3.8) is 0 Å². The number of rotatable bonds is 11. The minimum atomic E-state index is -1.57. The molecule has 2 aromatic carbocycles. The summed E-state index contributed by atoms with van der Waals surface area (Å²) < 4.78 is 0. The summed E-state index contributed by atoms with van der Waals surface area (Å²) >= 11 is 0. The first-order valence-electron chi connectivity index (χ1n) is 15.4. The van der Waals surface area contributed by atoms with Gasteiger partial charge in [-0.05, 0) is 29.5 Å². The number of nitrogens with two attached hydrogens (primary N) is 3. The van der Waals surface area contributed by atoms with Crippen LogP contribution in [0.5, 0.6) is 0 Å². The molecule has 1 aliphatic heterocycles. The van der Waals surface area contributed by atoms with Crippen molar-refractivity contribution >= 4 is 41.5 Å². The molecule has 0 unspecified atom stereocenters. The normalized spacial score (nSPS) is 21.1. The Hall–Kier alpha value is -5.51. The zero-order valence-electron chi connectivity index (χ0n) is 26.7. The number of nitrogens with zero attached hydrogens (tertiary/aromatic N) is 2. The quantitative estimate of drug-likeness (QED) is 0.0734. The molecule has 1 fully saturated rings. The van der Waals surface area contributed by atoms with E-state index in [-0.39, 0.29) is 38.2 Å². The van der Waals surface area contributed by atoms with Crippen molar-refractivity contribution in [3.05, 3.63) is 71.3 Å². The molecular formula is C32H43N9O7. The molecule has 0 aromatic heterocycles. The van der Waals surface area contributed by atoms with E-state index in [1.54, 1.807) is 54.6 Å². The Bertz CT molecular complexity index is 1480. The number of guanidine groups is 1. The Labute approximate surface area is 277 Å². The second kappa shape index (κ2) is 18.0. The van der Waals surface area contributed by atoms with Crippen LogP contribution in [0.4, 0.5) is 0 Å². The lowest BCUT2D eigenvalue weighted by atomic mass is 9.99. The highest BCUT2D eigenvalue weighted by Gasteiger charge is 2.36. The van der Waals surface area contributed by atoms with Crippen LogP contribution in [0, 0.1) is 0 Å². The van der Waals surface area contributed by atoms with Gasteiger partial charge in [-0.2, -0.15) is 0 Å². The summed E-state index contributed by atoms with van der Waals surface area (Å²) in [5, 5.41) is 19.6. The Morgan fingerprint density at radius 1 is 0.833 bits per heavy atom. The summed E-state index contributed by atoms with van der Waals surface area (Å²) in [5.74, 6) is -5.35. The fraction of sp³-hybridized carbons (Fsp3) is 0.406. The number of nitrogens with one attached hydrogen (secondary N) is 4. The van der Waals surface area contributed by atoms with Gasteiger partial charge in [0.25, 0.3) is 0 Å². The molecule has 16 heteroatoms. The van der Waals surface area contributed by atoms with Crippen molar-refractivity contribution in [3.8, 4) is 0 Å². The largest absolute Gasteiger partial charge is 0.481 e. The van der Waals surface area contributed by atoms with E-state index in [2.05, 4.69) is 26.3 Å². The Morgan fingerprint density at radius 2 is 1.46 bits per heavy atom. The lowest BCUT2D eigenvalue weighted by Crippen LogP contribution is -2.59. The van der Waals surface area contributed by atoms with Gasteiger partial charge in [-0.25, -0.2) is 0 Å². The fourth-order valence-electron chi connectivity index (χ4n) is 5.12. The maximum atomic E-state index is 14.2. The Morgan fingerprint density at radius 3 is 2.08 bits per heavy atom. The molecular weight excluding hydrogens is 622 g/mol. The highest BCUT2D eigenvalue weighted by molar-refractivity contribution is 5.98. The van der Waals surface area contributed by atoms with Crippen molar-refractivity contribution in [1.82, 2.24) is 26.2 Å². The number of carbonyl (C=O) groups is 6. The lowest BCUT2D eigenvalue weighted by molar-refractivity contribution is -0.144. The average molecular weight is 666 g/mol. The van der Waals surface area contributed by atoms with Crippen LogP contribution in [0.25, 0.3) is 0 Å². The van der Waals surface area contributed by atoms with E-state index in [1.165, 1.54) is 11.9 Å². The van der Waals surface area contributed by atoms with Gasteiger partial charge in [0.05, 0.1) is 13.0 Å². The van der Waals surface area contributed by atoms with Crippen LogP contribution in [0.1, 0.15) is 36.0 Å². The SMILES string of the molecule is CN1C(=O)[C@H](Cc2ccc(CN)cc2)NC(=O)[C@H](CCCN=C(N)N)NC(=O)CNC(=O)[C@H](CC(=O)O)NC(=O)[C@H]1Cc1ccccc1. The van der Waals surface area contributed by atoms with Crippen LogP contribution in [-0.4, -0.2) is 95.8 Å². The van der Waals surface area contributed by atoms with Gasteiger partial charge in [-0.3, -0.25) is 33.8 Å². The molecule has 0 spiro atoms. The average Bonchev–Trinajstić information content (AvgIpc) is 3.06. The number of carbonyl (C=O) groups excluding carboxylic acids is 5. The summed E-state index contributed by atoms with van der Waals surface area (Å²) in [6.07, 6.45) is -0.405. The third-order valence-electron chi connectivity index (χ3n) is 7.73. The van der Waals surface area contributed by atoms with Gasteiger partial charge in [0, 0.05) is 33.0 Å². The number of hydrogen-bond donors (Lipinski definition) is 8. The van der Waals surface area contributed by atoms with E-state index in [0.29, 0.717) is 17.7 Å². The molecule has 0 radical (unpaired) electrons. The standard InChI is InChI=1S/C32H43N9O7/c1-41-25(15-19-6-3-2-4-7-19)30(47)39-23(16-27(43)44)28(45)37-18-26(42)38-22(8-5-13-36-32(34)35)29(46)40-24(31(41)48)14-20-9-11-21(17-33)12-10-20/h2-4,6-7,9-12,22-25H,5,8,13-18,33H2,1H3,(H,37,45)(H,38,42)(H,39,47)(H,40,46)(H,43,44)(H4,34,35,36)/t22-,23-,24-,25+/m0/s1. The molecule has 4 atom stereocenters. The minimum Gasteiger partial charge on any atom is -0.481 e. The smallest absolute Gasteiger partial charge is 0.305 e. The maximum absolute atomic E-state index is 14.2. The van der Waals surface area contributed by atoms with Gasteiger partial charge in [0.1, 0.15) is 24.2 Å². The van der Waals surface area contributed by atoms with Crippen LogP contribution in [0.3, 0.4) is 0 Å². The molecule has 48 heavy (non-hydrogen) atoms. The number of likely N-dealkylation sites (N-methyl/N-ethyl adjacent to an activating group) is 1. The number of hydrogen-bond acceptors (Lipinski definition) is 8. The number of aliphatic imine (C=N–C) groups is 1. The zero-order chi connectivity index (χ0) is 35.2. The van der Waals surface area contributed by atoms with E-state index in [4.69, 9.17) is 17.2 Å². The molecule has 3 rings (SSSR count). The molecule has 0 bridgehead atoms. The number of carboxylic acids is 1. The van der Waals surface area contributed by atoms with Gasteiger partial charge < -0.3 is 48.5 Å². The number of benzene rings is 2. The van der Waals surface area contributed by atoms with E-state index < -0.39 is 72.6 Å². The van der Waals surface area contributed by atoms with E-state index >= 15 is 0 Å². The minimum absolute atomic E-state index is 0.00957. The summed E-state index contributed by atoms with van der Waals surface area (Å²) in [7, 11) is 1.39. The van der Waals surface area contributed by atoms with Gasteiger partial charge in [0.2, 0.25) is 29.5 Å². The van der Waals surface area contributed by atoms with Crippen molar-refractivity contribution in [2.45, 2.75) is 62.8 Å². The predicted molar refractivity (Wildman–Crippen MR) is 176 cm³/mol. The van der Waals surface area contributed by atoms with Crippen molar-refractivity contribution < 1.29 is 33.9 Å². The predicted octanol–water partition coefficient (Wildman–Crippen LogP) is -2.13. The van der Waals surface area contributed by atoms with Crippen LogP contribution in [0.2, 0.25) is 0 Å². The summed E-state index contributed by atoms with van der Waals surface area (Å²) in [4.78, 5) is 84.4. The van der Waals surface area contributed by atoms with Gasteiger partial charge in [0.15, 0.2) is 5.96 Å². The monoisotopic (exact) mass is 665 g/mol. The van der Waals surface area contributed by atoms with Crippen molar-refractivity contribution in [1.29, 1.82) is 0 Å². The number of amides is 5. The Balaban J connectivity index is 2.06. The number of aliphatic carboxylic acids is 1. The zero-order valence-corrected chi connectivity index (χ0v) is 26.7. The van der Waals surface area contributed by atoms with Crippen LogP contribution in [0.15, 0.2) is 59.6 Å². The molecule has 1 heterocycles. The molecule has 2 aromatic rings. The first-order valence-corrected chi connectivity index (χ1v) is 15.4. The number of carboxylic acid groups (broad SMARTS) is 1. The molecule has 0 saturated carbocycles. The fourth-order valence-corrected chi connectivity index (χ4v) is 5.12. The van der Waals surface area contributed by atoms with E-state index in [9.17, 15) is 33.9 Å². The highest BCUT2D eigenvalue weighted by atomic mass is 16.4. The molecule has 11 N–H and O–H groups in total. The lowest BCUT2D eigenvalue weighted by Gasteiger charge is -2.32. The van der Waals surface area contributed by atoms with Crippen LogP contribution < -0.4 is 38.5 Å². The van der Waals surface area contributed by atoms with E-state index in [0.717, 1.165) is 5.56 Å². The molecule has 1 aliphatic rings. The van der Waals surface area contributed by atoms with Crippen LogP contribution in [-0.2, 0) is 48.2 Å². The first kappa shape index (κ1) is 37.0. The summed E-state index contributed by atoms with van der Waals surface area (Å²) in [5.41, 5.74) is 18.8. The van der Waals surface area contributed by atoms with Crippen LogP contribution >= 0.6 is 0 Å². The molecule has 1 saturated heterocycles. The van der Waals surface area contributed by atoms with E-state index in [1.807, 2.05) is 0 Å². The van der Waals surface area contributed by atoms with Gasteiger partial charge >= 0.3 is 5.97 Å². The van der Waals surface area contributed by atoms with Crippen molar-refractivity contribution in [2.24, 2.45) is 22.2 Å². The first-order chi connectivity index (χ1) is 22.9. The summed E-state index contributed by atoms with van der Waals surface area (Å²) in [6, 6.07) is 10.8. The topological polar surface area (TPSA) is 264 Å². The van der Waals surface area contributed by atoms with Crippen molar-refractivity contribution in [2.75, 3.05) is 20.1 Å². The molecule has 0 aliphatic carbocycles. The molecule has 258 valence electrons. The highest BCUT2D eigenvalue weighted by Crippen LogP contribution is 2.15. The Kier molecular flexibility index (Phi) is 13.8. The molecule has 5 amide bonds. The second-order valence-corrected chi connectivity index (χ2v) is 11.4. The maximum Gasteiger partial charge on any atom is 0.305 e. The van der Waals surface area contributed by atoms with Gasteiger partial charge in [-0.15, -0.1) is 0 Å². The summed E-state index contributed by atoms with van der Waals surface area (Å²) in [6.45, 7) is -0.158. The third-order valence-corrected chi connectivity index (χ3v) is 7.73. The molecule has 16 nitrogen and oxygen atoms in total. The van der Waals surface area contributed by atoms with Gasteiger partial charge in [-0.1, -0.05) is 54.6 Å². The third kappa shape index (κ3) is 11.4. The second-order valence-electron chi connectivity index (χ2n) is 11.4.